The number of hydrogen-bond donors (Lipinski definition) is 2. The van der Waals surface area contributed by atoms with Gasteiger partial charge in [0.2, 0.25) is 11.8 Å². The second-order valence-electron chi connectivity index (χ2n) is 7.29. The number of halogens is 1. The predicted octanol–water partition coefficient (Wildman–Crippen LogP) is 1.85. The van der Waals surface area contributed by atoms with Crippen molar-refractivity contribution in [3.63, 3.8) is 0 Å². The van der Waals surface area contributed by atoms with Crippen LogP contribution in [0.3, 0.4) is 0 Å². The lowest BCUT2D eigenvalue weighted by molar-refractivity contribution is -0.137. The maximum absolute atomic E-state index is 13.4. The Balaban J connectivity index is 1.52. The van der Waals surface area contributed by atoms with Crippen LogP contribution in [0.15, 0.2) is 18.2 Å². The average Bonchev–Trinajstić information content (AvgIpc) is 3.02. The minimum atomic E-state index is -0.495. The van der Waals surface area contributed by atoms with Gasteiger partial charge in [0.25, 0.3) is 0 Å². The van der Waals surface area contributed by atoms with Crippen molar-refractivity contribution >= 4 is 17.5 Å². The van der Waals surface area contributed by atoms with Crippen LogP contribution in [0.1, 0.15) is 37.2 Å². The van der Waals surface area contributed by atoms with E-state index in [0.29, 0.717) is 11.1 Å². The SMILES string of the molecule is O=C1CC(C(=O)N2CCC3(CCNC3)CC2)c2ccc(F)cc2N1. The molecule has 1 atom stereocenters. The summed E-state index contributed by atoms with van der Waals surface area (Å²) >= 11 is 0. The number of nitrogens with zero attached hydrogens (tertiary/aromatic N) is 1. The fourth-order valence-electron chi connectivity index (χ4n) is 4.30. The predicted molar refractivity (Wildman–Crippen MR) is 88.1 cm³/mol. The molecule has 0 aromatic heterocycles. The number of fused-ring (bicyclic) bond motifs is 1. The van der Waals surface area contributed by atoms with E-state index in [1.165, 1.54) is 18.6 Å². The summed E-state index contributed by atoms with van der Waals surface area (Å²) in [6, 6.07) is 4.27. The molecule has 0 bridgehead atoms. The van der Waals surface area contributed by atoms with Gasteiger partial charge in [-0.25, -0.2) is 4.39 Å². The van der Waals surface area contributed by atoms with E-state index in [1.807, 2.05) is 4.90 Å². The van der Waals surface area contributed by atoms with Crippen molar-refractivity contribution in [1.82, 2.24) is 10.2 Å². The van der Waals surface area contributed by atoms with Gasteiger partial charge < -0.3 is 15.5 Å². The molecule has 3 aliphatic heterocycles. The van der Waals surface area contributed by atoms with Crippen LogP contribution in [0.2, 0.25) is 0 Å². The van der Waals surface area contributed by atoms with Crippen LogP contribution in [0, 0.1) is 11.2 Å². The highest BCUT2D eigenvalue weighted by Gasteiger charge is 2.40. The summed E-state index contributed by atoms with van der Waals surface area (Å²) in [7, 11) is 0. The summed E-state index contributed by atoms with van der Waals surface area (Å²) in [4.78, 5) is 26.8. The smallest absolute Gasteiger partial charge is 0.230 e. The van der Waals surface area contributed by atoms with Crippen molar-refractivity contribution in [2.24, 2.45) is 5.41 Å². The van der Waals surface area contributed by atoms with E-state index in [4.69, 9.17) is 0 Å². The van der Waals surface area contributed by atoms with Gasteiger partial charge in [0.05, 0.1) is 5.92 Å². The number of amides is 2. The number of carbonyl (C=O) groups is 2. The number of hydrogen-bond acceptors (Lipinski definition) is 3. The van der Waals surface area contributed by atoms with Crippen LogP contribution in [0.25, 0.3) is 0 Å². The van der Waals surface area contributed by atoms with E-state index in [-0.39, 0.29) is 18.2 Å². The number of rotatable bonds is 1. The molecule has 4 rings (SSSR count). The summed E-state index contributed by atoms with van der Waals surface area (Å²) in [5.74, 6) is -1.13. The first-order valence-corrected chi connectivity index (χ1v) is 8.65. The second-order valence-corrected chi connectivity index (χ2v) is 7.29. The molecule has 1 aromatic rings. The molecule has 3 aliphatic rings. The molecule has 0 aliphatic carbocycles. The van der Waals surface area contributed by atoms with Crippen LogP contribution >= 0.6 is 0 Å². The van der Waals surface area contributed by atoms with Crippen LogP contribution in [-0.2, 0) is 9.59 Å². The highest BCUT2D eigenvalue weighted by molar-refractivity contribution is 6.01. The highest BCUT2D eigenvalue weighted by atomic mass is 19.1. The lowest BCUT2D eigenvalue weighted by atomic mass is 9.77. The summed E-state index contributed by atoms with van der Waals surface area (Å²) in [6.45, 7) is 3.60. The van der Waals surface area contributed by atoms with Crippen molar-refractivity contribution in [2.75, 3.05) is 31.5 Å². The first-order valence-electron chi connectivity index (χ1n) is 8.65. The maximum Gasteiger partial charge on any atom is 0.230 e. The minimum absolute atomic E-state index is 0.00138. The standard InChI is InChI=1S/C18H22FN3O2/c19-12-1-2-13-14(10-16(23)21-15(13)9-12)17(24)22-7-4-18(5-8-22)3-6-20-11-18/h1-2,9,14,20H,3-8,10-11H2,(H,21,23). The lowest BCUT2D eigenvalue weighted by Crippen LogP contribution is -2.46. The van der Waals surface area contributed by atoms with Crippen molar-refractivity contribution in [2.45, 2.75) is 31.6 Å². The third kappa shape index (κ3) is 2.69. The molecule has 1 spiro atoms. The zero-order valence-electron chi connectivity index (χ0n) is 13.6. The minimum Gasteiger partial charge on any atom is -0.342 e. The van der Waals surface area contributed by atoms with Crippen molar-refractivity contribution in [3.05, 3.63) is 29.6 Å². The summed E-state index contributed by atoms with van der Waals surface area (Å²) in [6.07, 6.45) is 3.35. The number of piperidine rings is 1. The third-order valence-electron chi connectivity index (χ3n) is 5.82. The van der Waals surface area contributed by atoms with Crippen molar-refractivity contribution in [3.8, 4) is 0 Å². The van der Waals surface area contributed by atoms with E-state index in [0.717, 1.165) is 44.6 Å². The van der Waals surface area contributed by atoms with Crippen LogP contribution < -0.4 is 10.6 Å². The topological polar surface area (TPSA) is 61.4 Å². The Hall–Kier alpha value is -1.95. The number of carbonyl (C=O) groups excluding carboxylic acids is 2. The van der Waals surface area contributed by atoms with Crippen LogP contribution in [-0.4, -0.2) is 42.9 Å². The average molecular weight is 331 g/mol. The normalized spacial score (nSPS) is 25.5. The van der Waals surface area contributed by atoms with Gasteiger partial charge in [-0.05, 0) is 48.9 Å². The van der Waals surface area contributed by atoms with E-state index in [2.05, 4.69) is 10.6 Å². The molecular formula is C18H22FN3O2. The molecule has 3 heterocycles. The first-order chi connectivity index (χ1) is 11.6. The number of nitrogens with one attached hydrogen (secondary N) is 2. The molecule has 24 heavy (non-hydrogen) atoms. The Kier molecular flexibility index (Phi) is 3.79. The Bertz CT molecular complexity index is 675. The van der Waals surface area contributed by atoms with Gasteiger partial charge in [0.15, 0.2) is 0 Å². The molecule has 5 nitrogen and oxygen atoms in total. The fourth-order valence-corrected chi connectivity index (χ4v) is 4.30. The third-order valence-corrected chi connectivity index (χ3v) is 5.82. The van der Waals surface area contributed by atoms with Crippen LogP contribution in [0.5, 0.6) is 0 Å². The van der Waals surface area contributed by atoms with E-state index >= 15 is 0 Å². The van der Waals surface area contributed by atoms with Gasteiger partial charge in [-0.2, -0.15) is 0 Å². The van der Waals surface area contributed by atoms with Gasteiger partial charge >= 0.3 is 0 Å². The molecule has 2 N–H and O–H groups in total. The largest absolute Gasteiger partial charge is 0.342 e. The number of likely N-dealkylation sites (tertiary alicyclic amines) is 1. The van der Waals surface area contributed by atoms with Gasteiger partial charge in [-0.3, -0.25) is 9.59 Å². The Morgan fingerprint density at radius 2 is 2.04 bits per heavy atom. The second kappa shape index (κ2) is 5.84. The van der Waals surface area contributed by atoms with E-state index in [9.17, 15) is 14.0 Å². The molecule has 1 aromatic carbocycles. The fraction of sp³-hybridized carbons (Fsp3) is 0.556. The van der Waals surface area contributed by atoms with E-state index in [1.54, 1.807) is 6.07 Å². The Morgan fingerprint density at radius 1 is 1.25 bits per heavy atom. The summed E-state index contributed by atoms with van der Waals surface area (Å²) in [5.41, 5.74) is 1.50. The van der Waals surface area contributed by atoms with Crippen LogP contribution in [0.4, 0.5) is 10.1 Å². The quantitative estimate of drug-likeness (QED) is 0.826. The lowest BCUT2D eigenvalue weighted by Gasteiger charge is -2.40. The van der Waals surface area contributed by atoms with E-state index < -0.39 is 11.7 Å². The summed E-state index contributed by atoms with van der Waals surface area (Å²) < 4.78 is 13.4. The Labute approximate surface area is 140 Å². The monoisotopic (exact) mass is 331 g/mol. The van der Waals surface area contributed by atoms with Gasteiger partial charge in [0, 0.05) is 31.7 Å². The molecule has 2 saturated heterocycles. The number of benzene rings is 1. The molecular weight excluding hydrogens is 309 g/mol. The highest BCUT2D eigenvalue weighted by Crippen LogP contribution is 2.39. The van der Waals surface area contributed by atoms with Gasteiger partial charge in [0.1, 0.15) is 5.82 Å². The Morgan fingerprint density at radius 3 is 2.75 bits per heavy atom. The first kappa shape index (κ1) is 15.6. The molecule has 2 fully saturated rings. The molecule has 6 heteroatoms. The van der Waals surface area contributed by atoms with Gasteiger partial charge in [-0.1, -0.05) is 6.07 Å². The zero-order valence-corrected chi connectivity index (χ0v) is 13.6. The van der Waals surface area contributed by atoms with Crippen molar-refractivity contribution in [1.29, 1.82) is 0 Å². The van der Waals surface area contributed by atoms with Gasteiger partial charge in [-0.15, -0.1) is 0 Å². The molecule has 0 saturated carbocycles. The zero-order chi connectivity index (χ0) is 16.7. The molecule has 128 valence electrons. The molecule has 2 amide bonds. The molecule has 1 unspecified atom stereocenters. The molecule has 0 radical (unpaired) electrons. The summed E-state index contributed by atoms with van der Waals surface area (Å²) in [5, 5.41) is 6.09. The maximum atomic E-state index is 13.4. The van der Waals surface area contributed by atoms with Crippen molar-refractivity contribution < 1.29 is 14.0 Å². The number of anilines is 1.